The van der Waals surface area contributed by atoms with E-state index in [1.165, 1.54) is 0 Å². The van der Waals surface area contributed by atoms with Crippen LogP contribution in [0, 0.1) is 28.6 Å². The number of allylic oxidation sites excluding steroid dienone is 4. The maximum atomic E-state index is 13.5. The molecule has 0 saturated heterocycles. The second-order valence-electron chi connectivity index (χ2n) is 13.7. The number of rotatable bonds is 11. The molecule has 5 rings (SSSR count). The van der Waals surface area contributed by atoms with Crippen molar-refractivity contribution in [2.24, 2.45) is 28.6 Å². The van der Waals surface area contributed by atoms with Gasteiger partial charge in [0.15, 0.2) is 12.4 Å². The van der Waals surface area contributed by atoms with Crippen molar-refractivity contribution in [3.05, 3.63) is 59.7 Å². The molecule has 1 aromatic rings. The van der Waals surface area contributed by atoms with Crippen LogP contribution in [0.3, 0.4) is 0 Å². The summed E-state index contributed by atoms with van der Waals surface area (Å²) in [4.78, 5) is 61.7. The molecule has 4 aliphatic carbocycles. The van der Waals surface area contributed by atoms with Gasteiger partial charge in [-0.05, 0) is 61.7 Å². The van der Waals surface area contributed by atoms with Crippen LogP contribution in [0.15, 0.2) is 54.1 Å². The number of esters is 1. The molecule has 4 N–H and O–H groups in total. The summed E-state index contributed by atoms with van der Waals surface area (Å²) in [6.07, 6.45) is 6.23. The number of aliphatic carboxylic acids is 1. The number of Topliss-reactive ketones (excluding diaryl/α,β-unsaturated/α-hetero) is 1. The Kier molecular flexibility index (Phi) is 9.20. The van der Waals surface area contributed by atoms with E-state index in [-0.39, 0.29) is 62.2 Å². The summed E-state index contributed by atoms with van der Waals surface area (Å²) in [5, 5.41) is 35.3. The quantitative estimate of drug-likeness (QED) is 0.271. The van der Waals surface area contributed by atoms with E-state index < -0.39 is 58.7 Å². The first-order valence-electron chi connectivity index (χ1n) is 15.9. The number of aliphatic hydroxyl groups is 2. The fraction of sp³-hybridized carbons (Fsp3) is 0.571. The highest BCUT2D eigenvalue weighted by atomic mass is 16.5. The van der Waals surface area contributed by atoms with Gasteiger partial charge in [-0.3, -0.25) is 24.0 Å². The second-order valence-corrected chi connectivity index (χ2v) is 13.7. The Labute approximate surface area is 262 Å². The molecule has 0 bridgehead atoms. The van der Waals surface area contributed by atoms with Crippen molar-refractivity contribution in [3.63, 3.8) is 0 Å². The van der Waals surface area contributed by atoms with Crippen LogP contribution in [0.1, 0.15) is 76.7 Å². The normalized spacial score (nSPS) is 34.0. The van der Waals surface area contributed by atoms with Crippen LogP contribution in [0.25, 0.3) is 0 Å². The zero-order valence-corrected chi connectivity index (χ0v) is 25.9. The smallest absolute Gasteiger partial charge is 0.306 e. The molecule has 0 spiro atoms. The van der Waals surface area contributed by atoms with Gasteiger partial charge in [-0.2, -0.15) is 0 Å². The van der Waals surface area contributed by atoms with Crippen LogP contribution in [-0.4, -0.2) is 69.6 Å². The molecule has 1 amide bonds. The number of ketones is 2. The first kappa shape index (κ1) is 32.8. The molecule has 3 fully saturated rings. The molecule has 10 nitrogen and oxygen atoms in total. The fourth-order valence-corrected chi connectivity index (χ4v) is 8.91. The average molecular weight is 622 g/mol. The number of aliphatic hydroxyl groups excluding tert-OH is 1. The van der Waals surface area contributed by atoms with Crippen molar-refractivity contribution in [3.8, 4) is 0 Å². The lowest BCUT2D eigenvalue weighted by molar-refractivity contribution is -0.181. The van der Waals surface area contributed by atoms with Crippen molar-refractivity contribution >= 4 is 29.4 Å². The lowest BCUT2D eigenvalue weighted by Gasteiger charge is -2.59. The highest BCUT2D eigenvalue weighted by Crippen LogP contribution is 2.67. The maximum Gasteiger partial charge on any atom is 0.306 e. The number of fused-ring (bicyclic) bond motifs is 5. The van der Waals surface area contributed by atoms with E-state index >= 15 is 0 Å². The Bertz CT molecular complexity index is 1420. The third kappa shape index (κ3) is 6.14. The van der Waals surface area contributed by atoms with Gasteiger partial charge in [0, 0.05) is 35.6 Å². The zero-order valence-electron chi connectivity index (χ0n) is 25.9. The van der Waals surface area contributed by atoms with Crippen LogP contribution in [0.5, 0.6) is 0 Å². The van der Waals surface area contributed by atoms with E-state index in [1.54, 1.807) is 36.4 Å². The van der Waals surface area contributed by atoms with Gasteiger partial charge >= 0.3 is 11.9 Å². The molecule has 242 valence electrons. The molecule has 0 aromatic heterocycles. The Morgan fingerprint density at radius 2 is 1.82 bits per heavy atom. The van der Waals surface area contributed by atoms with Crippen molar-refractivity contribution < 1.29 is 44.0 Å². The number of carboxylic acid groups (broad SMARTS) is 1. The van der Waals surface area contributed by atoms with Crippen molar-refractivity contribution in [1.29, 1.82) is 0 Å². The summed E-state index contributed by atoms with van der Waals surface area (Å²) in [5.41, 5.74) is -1.33. The number of benzene rings is 1. The number of nitrogens with one attached hydrogen (secondary N) is 1. The lowest BCUT2D eigenvalue weighted by Crippen LogP contribution is -2.61. The highest BCUT2D eigenvalue weighted by molar-refractivity contribution is 6.01. The standard InChI is InChI=1S/C35H43NO9/c1-33-14-12-24(37)17-23(33)8-9-25-26-13-15-35(44,34(26,2)18-27(38)32(25)33)28(39)20-45-31(43)11-10-29(40)36-19-22(16-30(41)42)21-6-4-3-5-7-21/h3-7,12,14,17,22,25-27,32,38,44H,8-11,13,15-16,18-20H2,1-2H3,(H,36,40)(H,41,42)/t22-,25+,26+,27+,32-,33+,34+,35+/m1/s1. The number of hydrogen-bond donors (Lipinski definition) is 4. The van der Waals surface area contributed by atoms with Crippen LogP contribution in [0.2, 0.25) is 0 Å². The van der Waals surface area contributed by atoms with Crippen LogP contribution in [0.4, 0.5) is 0 Å². The summed E-state index contributed by atoms with van der Waals surface area (Å²) in [5.74, 6) is -3.37. The van der Waals surface area contributed by atoms with E-state index in [0.29, 0.717) is 6.42 Å². The van der Waals surface area contributed by atoms with Gasteiger partial charge in [0.2, 0.25) is 11.7 Å². The molecule has 0 heterocycles. The zero-order chi connectivity index (χ0) is 32.6. The van der Waals surface area contributed by atoms with Crippen molar-refractivity contribution in [2.75, 3.05) is 13.2 Å². The van der Waals surface area contributed by atoms with Gasteiger partial charge in [-0.25, -0.2) is 0 Å². The monoisotopic (exact) mass is 621 g/mol. The van der Waals surface area contributed by atoms with Gasteiger partial charge in [-0.1, -0.05) is 55.8 Å². The molecule has 8 atom stereocenters. The van der Waals surface area contributed by atoms with Gasteiger partial charge in [0.1, 0.15) is 5.60 Å². The van der Waals surface area contributed by atoms with Gasteiger partial charge in [0.25, 0.3) is 0 Å². The summed E-state index contributed by atoms with van der Waals surface area (Å²) < 4.78 is 5.22. The van der Waals surface area contributed by atoms with E-state index in [1.807, 2.05) is 19.1 Å². The minimum absolute atomic E-state index is 0.0236. The Morgan fingerprint density at radius 3 is 2.53 bits per heavy atom. The molecular formula is C35H43NO9. The molecule has 45 heavy (non-hydrogen) atoms. The van der Waals surface area contributed by atoms with Crippen LogP contribution >= 0.6 is 0 Å². The molecule has 1 aromatic carbocycles. The van der Waals surface area contributed by atoms with E-state index in [0.717, 1.165) is 24.0 Å². The first-order chi connectivity index (χ1) is 21.3. The maximum absolute atomic E-state index is 13.5. The molecule has 3 saturated carbocycles. The molecule has 0 aliphatic heterocycles. The minimum Gasteiger partial charge on any atom is -0.481 e. The largest absolute Gasteiger partial charge is 0.481 e. The number of ether oxygens (including phenoxy) is 1. The third-order valence-electron chi connectivity index (χ3n) is 11.3. The number of hydrogen-bond acceptors (Lipinski definition) is 8. The average Bonchev–Trinajstić information content (AvgIpc) is 3.27. The Hall–Kier alpha value is -3.63. The first-order valence-corrected chi connectivity index (χ1v) is 15.9. The van der Waals surface area contributed by atoms with E-state index in [2.05, 4.69) is 12.2 Å². The summed E-state index contributed by atoms with van der Waals surface area (Å²) in [6, 6.07) is 8.99. The molecule has 0 radical (unpaired) electrons. The molecular weight excluding hydrogens is 578 g/mol. The topological polar surface area (TPSA) is 167 Å². The number of amides is 1. The Balaban J connectivity index is 1.14. The van der Waals surface area contributed by atoms with Crippen LogP contribution < -0.4 is 5.32 Å². The summed E-state index contributed by atoms with van der Waals surface area (Å²) in [7, 11) is 0. The summed E-state index contributed by atoms with van der Waals surface area (Å²) >= 11 is 0. The predicted molar refractivity (Wildman–Crippen MR) is 163 cm³/mol. The Morgan fingerprint density at radius 1 is 1.09 bits per heavy atom. The summed E-state index contributed by atoms with van der Waals surface area (Å²) in [6.45, 7) is 3.38. The van der Waals surface area contributed by atoms with Crippen LogP contribution in [-0.2, 0) is 28.7 Å². The molecule has 4 aliphatic rings. The van der Waals surface area contributed by atoms with Gasteiger partial charge in [0.05, 0.1) is 18.9 Å². The van der Waals surface area contributed by atoms with Crippen molar-refractivity contribution in [1.82, 2.24) is 5.32 Å². The molecule has 0 unspecified atom stereocenters. The van der Waals surface area contributed by atoms with E-state index in [9.17, 15) is 39.3 Å². The van der Waals surface area contributed by atoms with Crippen molar-refractivity contribution in [2.45, 2.75) is 82.8 Å². The predicted octanol–water partition coefficient (Wildman–Crippen LogP) is 3.26. The number of carbonyl (C=O) groups excluding carboxylic acids is 4. The lowest BCUT2D eigenvalue weighted by atomic mass is 9.46. The SMILES string of the molecule is C[C@]12C=CC(=O)C=C1CC[C@@H]1[C@@H]2[C@@H](O)C[C@@]2(C)[C@H]1CC[C@]2(O)C(=O)COC(=O)CCC(=O)NC[C@@H](CC(=O)O)c1ccccc1. The fourth-order valence-electron chi connectivity index (χ4n) is 8.91. The number of carbonyl (C=O) groups is 5. The minimum atomic E-state index is -1.77. The third-order valence-corrected chi connectivity index (χ3v) is 11.3. The second kappa shape index (κ2) is 12.6. The van der Waals surface area contributed by atoms with Gasteiger partial charge < -0.3 is 25.4 Å². The van der Waals surface area contributed by atoms with Gasteiger partial charge in [-0.15, -0.1) is 0 Å². The van der Waals surface area contributed by atoms with E-state index in [4.69, 9.17) is 4.74 Å². The number of carboxylic acids is 1. The molecule has 10 heteroatoms. The highest BCUT2D eigenvalue weighted by Gasteiger charge is 2.68.